The van der Waals surface area contributed by atoms with Crippen LogP contribution in [0.1, 0.15) is 23.2 Å². The summed E-state index contributed by atoms with van der Waals surface area (Å²) in [7, 11) is 0. The Labute approximate surface area is 128 Å². The summed E-state index contributed by atoms with van der Waals surface area (Å²) >= 11 is 6.17. The number of aliphatic hydroxyl groups is 1. The van der Waals surface area contributed by atoms with Gasteiger partial charge in [0.05, 0.1) is 5.02 Å². The lowest BCUT2D eigenvalue weighted by atomic mass is 9.97. The van der Waals surface area contributed by atoms with E-state index in [0.717, 1.165) is 12.8 Å². The summed E-state index contributed by atoms with van der Waals surface area (Å²) in [5, 5.41) is 9.55. The Balaban J connectivity index is 1.77. The number of rotatable bonds is 2. The third kappa shape index (κ3) is 2.94. The number of hydrogen-bond acceptors (Lipinski definition) is 4. The topological polar surface area (TPSA) is 59.0 Å². The molecule has 1 aromatic rings. The van der Waals surface area contributed by atoms with Crippen molar-refractivity contribution in [1.29, 1.82) is 0 Å². The number of aliphatic hydroxyl groups excluding tert-OH is 1. The van der Waals surface area contributed by atoms with Crippen molar-refractivity contribution in [3.63, 3.8) is 0 Å². The van der Waals surface area contributed by atoms with Crippen LogP contribution in [0.5, 0.6) is 11.5 Å². The molecule has 0 unspecified atom stereocenters. The lowest BCUT2D eigenvalue weighted by molar-refractivity contribution is 0.0650. The number of ether oxygens (including phenoxy) is 2. The molecule has 1 fully saturated rings. The third-order valence-corrected chi connectivity index (χ3v) is 4.28. The van der Waals surface area contributed by atoms with Crippen LogP contribution in [0.25, 0.3) is 0 Å². The highest BCUT2D eigenvalue weighted by molar-refractivity contribution is 6.32. The van der Waals surface area contributed by atoms with E-state index in [9.17, 15) is 4.79 Å². The molecule has 0 aliphatic carbocycles. The fraction of sp³-hybridized carbons (Fsp3) is 0.533. The first-order valence-electron chi connectivity index (χ1n) is 7.18. The van der Waals surface area contributed by atoms with Gasteiger partial charge in [0, 0.05) is 25.3 Å². The lowest BCUT2D eigenvalue weighted by Gasteiger charge is -2.31. The largest absolute Gasteiger partial charge is 0.486 e. The fourth-order valence-corrected chi connectivity index (χ4v) is 3.00. The summed E-state index contributed by atoms with van der Waals surface area (Å²) < 4.78 is 11.0. The van der Waals surface area contributed by atoms with E-state index in [1.165, 1.54) is 0 Å². The van der Waals surface area contributed by atoms with Crippen LogP contribution < -0.4 is 9.47 Å². The SMILES string of the molecule is O=C(c1cc(Cl)c2c(c1)OCCO2)N1CCC(CO)CC1. The van der Waals surface area contributed by atoms with Crippen LogP contribution in [0.3, 0.4) is 0 Å². The molecule has 0 spiro atoms. The zero-order chi connectivity index (χ0) is 14.8. The number of amides is 1. The van der Waals surface area contributed by atoms with Gasteiger partial charge in [-0.15, -0.1) is 0 Å². The van der Waals surface area contributed by atoms with Gasteiger partial charge in [-0.3, -0.25) is 4.79 Å². The number of piperidine rings is 1. The molecule has 2 aliphatic rings. The van der Waals surface area contributed by atoms with Crippen LogP contribution in [0, 0.1) is 5.92 Å². The normalized spacial score (nSPS) is 18.7. The molecule has 3 rings (SSSR count). The third-order valence-electron chi connectivity index (χ3n) is 4.00. The minimum Gasteiger partial charge on any atom is -0.486 e. The van der Waals surface area contributed by atoms with Gasteiger partial charge in [0.1, 0.15) is 13.2 Å². The van der Waals surface area contributed by atoms with Gasteiger partial charge in [-0.05, 0) is 30.9 Å². The summed E-state index contributed by atoms with van der Waals surface area (Å²) in [6.45, 7) is 2.45. The average molecular weight is 312 g/mol. The Morgan fingerprint density at radius 1 is 1.29 bits per heavy atom. The Morgan fingerprint density at radius 3 is 2.71 bits per heavy atom. The quantitative estimate of drug-likeness (QED) is 0.907. The monoisotopic (exact) mass is 311 g/mol. The number of fused-ring (bicyclic) bond motifs is 1. The number of likely N-dealkylation sites (tertiary alicyclic amines) is 1. The van der Waals surface area contributed by atoms with Gasteiger partial charge in [0.2, 0.25) is 0 Å². The molecule has 1 amide bonds. The Hall–Kier alpha value is -1.46. The molecule has 114 valence electrons. The highest BCUT2D eigenvalue weighted by atomic mass is 35.5. The van der Waals surface area contributed by atoms with Crippen molar-refractivity contribution in [3.05, 3.63) is 22.7 Å². The van der Waals surface area contributed by atoms with Crippen LogP contribution >= 0.6 is 11.6 Å². The number of carbonyl (C=O) groups is 1. The molecule has 6 heteroatoms. The molecule has 0 saturated carbocycles. The summed E-state index contributed by atoms with van der Waals surface area (Å²) in [5.41, 5.74) is 0.520. The second-order valence-corrected chi connectivity index (χ2v) is 5.81. The summed E-state index contributed by atoms with van der Waals surface area (Å²) in [6, 6.07) is 3.33. The van der Waals surface area contributed by atoms with E-state index in [-0.39, 0.29) is 12.5 Å². The minimum absolute atomic E-state index is 0.0507. The maximum absolute atomic E-state index is 12.5. The van der Waals surface area contributed by atoms with Crippen molar-refractivity contribution in [1.82, 2.24) is 4.90 Å². The number of halogens is 1. The van der Waals surface area contributed by atoms with E-state index in [0.29, 0.717) is 54.3 Å². The predicted octanol–water partition coefficient (Wildman–Crippen LogP) is 1.96. The van der Waals surface area contributed by atoms with Gasteiger partial charge < -0.3 is 19.5 Å². The number of benzene rings is 1. The predicted molar refractivity (Wildman–Crippen MR) is 78.2 cm³/mol. The highest BCUT2D eigenvalue weighted by Crippen LogP contribution is 2.38. The first-order valence-corrected chi connectivity index (χ1v) is 7.56. The maximum Gasteiger partial charge on any atom is 0.254 e. The second kappa shape index (κ2) is 6.12. The summed E-state index contributed by atoms with van der Waals surface area (Å²) in [6.07, 6.45) is 1.67. The molecule has 0 bridgehead atoms. The Kier molecular flexibility index (Phi) is 4.22. The van der Waals surface area contributed by atoms with Gasteiger partial charge >= 0.3 is 0 Å². The Morgan fingerprint density at radius 2 is 2.00 bits per heavy atom. The van der Waals surface area contributed by atoms with E-state index in [4.69, 9.17) is 26.2 Å². The highest BCUT2D eigenvalue weighted by Gasteiger charge is 2.25. The molecule has 2 heterocycles. The smallest absolute Gasteiger partial charge is 0.254 e. The van der Waals surface area contributed by atoms with Gasteiger partial charge in [-0.25, -0.2) is 0 Å². The van der Waals surface area contributed by atoms with Crippen molar-refractivity contribution >= 4 is 17.5 Å². The van der Waals surface area contributed by atoms with Gasteiger partial charge in [0.15, 0.2) is 11.5 Å². The molecule has 2 aliphatic heterocycles. The minimum atomic E-state index is -0.0507. The van der Waals surface area contributed by atoms with Gasteiger partial charge in [-0.2, -0.15) is 0 Å². The van der Waals surface area contributed by atoms with E-state index in [1.54, 1.807) is 17.0 Å². The summed E-state index contributed by atoms with van der Waals surface area (Å²) in [4.78, 5) is 14.3. The molecular formula is C15H18ClNO4. The van der Waals surface area contributed by atoms with Gasteiger partial charge in [0.25, 0.3) is 5.91 Å². The first kappa shape index (κ1) is 14.5. The molecule has 5 nitrogen and oxygen atoms in total. The van der Waals surface area contributed by atoms with E-state index in [1.807, 2.05) is 0 Å². The van der Waals surface area contributed by atoms with Crippen LogP contribution in [0.4, 0.5) is 0 Å². The van der Waals surface area contributed by atoms with Crippen LogP contribution in [-0.4, -0.2) is 48.8 Å². The molecule has 0 atom stereocenters. The van der Waals surface area contributed by atoms with Crippen molar-refractivity contribution in [2.75, 3.05) is 32.9 Å². The number of nitrogens with zero attached hydrogens (tertiary/aromatic N) is 1. The molecular weight excluding hydrogens is 294 g/mol. The zero-order valence-electron chi connectivity index (χ0n) is 11.7. The zero-order valence-corrected chi connectivity index (χ0v) is 12.4. The van der Waals surface area contributed by atoms with Crippen LogP contribution in [-0.2, 0) is 0 Å². The van der Waals surface area contributed by atoms with Crippen molar-refractivity contribution in [2.24, 2.45) is 5.92 Å². The second-order valence-electron chi connectivity index (χ2n) is 5.40. The molecule has 0 aromatic heterocycles. The van der Waals surface area contributed by atoms with E-state index >= 15 is 0 Å². The van der Waals surface area contributed by atoms with Crippen LogP contribution in [0.15, 0.2) is 12.1 Å². The Bertz CT molecular complexity index is 541. The standard InChI is InChI=1S/C15H18ClNO4/c16-12-7-11(8-13-14(12)21-6-5-20-13)15(19)17-3-1-10(9-18)2-4-17/h7-8,10,18H,1-6,9H2. The van der Waals surface area contributed by atoms with Crippen molar-refractivity contribution < 1.29 is 19.4 Å². The first-order chi connectivity index (χ1) is 10.2. The molecule has 1 aromatic carbocycles. The fourth-order valence-electron chi connectivity index (χ4n) is 2.74. The number of carbonyl (C=O) groups excluding carboxylic acids is 1. The van der Waals surface area contributed by atoms with E-state index in [2.05, 4.69) is 0 Å². The molecule has 1 N–H and O–H groups in total. The number of hydrogen-bond donors (Lipinski definition) is 1. The lowest BCUT2D eigenvalue weighted by Crippen LogP contribution is -2.39. The molecule has 0 radical (unpaired) electrons. The summed E-state index contributed by atoms with van der Waals surface area (Å²) in [5.74, 6) is 1.30. The van der Waals surface area contributed by atoms with Crippen molar-refractivity contribution in [3.8, 4) is 11.5 Å². The van der Waals surface area contributed by atoms with E-state index < -0.39 is 0 Å². The molecule has 1 saturated heterocycles. The average Bonchev–Trinajstić information content (AvgIpc) is 2.54. The van der Waals surface area contributed by atoms with Gasteiger partial charge in [-0.1, -0.05) is 11.6 Å². The van der Waals surface area contributed by atoms with Crippen molar-refractivity contribution in [2.45, 2.75) is 12.8 Å². The maximum atomic E-state index is 12.5. The molecule has 21 heavy (non-hydrogen) atoms. The van der Waals surface area contributed by atoms with Crippen LogP contribution in [0.2, 0.25) is 5.02 Å².